The van der Waals surface area contributed by atoms with Gasteiger partial charge in [0.25, 0.3) is 0 Å². The first-order valence-corrected chi connectivity index (χ1v) is 5.80. The molecule has 0 aromatic carbocycles. The normalized spacial score (nSPS) is 18.2. The summed E-state index contributed by atoms with van der Waals surface area (Å²) >= 11 is 0. The monoisotopic (exact) mass is 241 g/mol. The van der Waals surface area contributed by atoms with Gasteiger partial charge in [0.15, 0.2) is 0 Å². The Kier molecular flexibility index (Phi) is 5.76. The standard InChI is InChI=1S/C10H19N5O2/c1-17-9(16)10(3-7-12-8-4-10)13-5-2-6-14-15-11/h12-13H,2-8H2,1H3. The van der Waals surface area contributed by atoms with E-state index in [9.17, 15) is 4.79 Å². The van der Waals surface area contributed by atoms with E-state index in [1.165, 1.54) is 7.11 Å². The van der Waals surface area contributed by atoms with Crippen LogP contribution in [0.25, 0.3) is 10.4 Å². The van der Waals surface area contributed by atoms with Crippen LogP contribution in [0.3, 0.4) is 0 Å². The molecule has 17 heavy (non-hydrogen) atoms. The van der Waals surface area contributed by atoms with Crippen LogP contribution < -0.4 is 10.6 Å². The smallest absolute Gasteiger partial charge is 0.326 e. The van der Waals surface area contributed by atoms with Gasteiger partial charge in [-0.1, -0.05) is 5.11 Å². The summed E-state index contributed by atoms with van der Waals surface area (Å²) in [6.07, 6.45) is 2.17. The van der Waals surface area contributed by atoms with Gasteiger partial charge < -0.3 is 15.4 Å². The zero-order valence-corrected chi connectivity index (χ0v) is 10.1. The number of methoxy groups -OCH3 is 1. The maximum Gasteiger partial charge on any atom is 0.326 e. The van der Waals surface area contributed by atoms with E-state index >= 15 is 0 Å². The Hall–Kier alpha value is -1.30. The minimum absolute atomic E-state index is 0.206. The summed E-state index contributed by atoms with van der Waals surface area (Å²) < 4.78 is 4.86. The van der Waals surface area contributed by atoms with Gasteiger partial charge in [0.05, 0.1) is 7.11 Å². The fraction of sp³-hybridized carbons (Fsp3) is 0.900. The SMILES string of the molecule is COC(=O)C1(NCCCN=[N+]=[N-])CCNCC1. The number of rotatable bonds is 6. The lowest BCUT2D eigenvalue weighted by Gasteiger charge is -2.35. The van der Waals surface area contributed by atoms with Gasteiger partial charge in [-0.15, -0.1) is 0 Å². The topological polar surface area (TPSA) is 99.1 Å². The molecule has 0 aromatic rings. The van der Waals surface area contributed by atoms with Crippen LogP contribution in [0, 0.1) is 0 Å². The van der Waals surface area contributed by atoms with E-state index in [1.807, 2.05) is 0 Å². The molecule has 1 heterocycles. The molecule has 1 saturated heterocycles. The summed E-state index contributed by atoms with van der Waals surface area (Å²) in [5.74, 6) is -0.206. The van der Waals surface area contributed by atoms with E-state index in [-0.39, 0.29) is 5.97 Å². The Morgan fingerprint density at radius 3 is 2.88 bits per heavy atom. The first-order valence-electron chi connectivity index (χ1n) is 5.80. The summed E-state index contributed by atoms with van der Waals surface area (Å²) in [5.41, 5.74) is 7.57. The first kappa shape index (κ1) is 13.8. The van der Waals surface area contributed by atoms with Crippen molar-refractivity contribution in [2.45, 2.75) is 24.8 Å². The lowest BCUT2D eigenvalue weighted by molar-refractivity contribution is -0.149. The predicted molar refractivity (Wildman–Crippen MR) is 63.5 cm³/mol. The quantitative estimate of drug-likeness (QED) is 0.233. The van der Waals surface area contributed by atoms with Crippen LogP contribution >= 0.6 is 0 Å². The molecule has 1 aliphatic heterocycles. The highest BCUT2D eigenvalue weighted by atomic mass is 16.5. The Balaban J connectivity index is 2.46. The van der Waals surface area contributed by atoms with Crippen molar-refractivity contribution < 1.29 is 9.53 Å². The molecule has 0 radical (unpaired) electrons. The van der Waals surface area contributed by atoms with Crippen LogP contribution in [0.2, 0.25) is 0 Å². The maximum absolute atomic E-state index is 11.8. The second kappa shape index (κ2) is 7.11. The second-order valence-electron chi connectivity index (χ2n) is 4.06. The maximum atomic E-state index is 11.8. The number of carbonyl (C=O) groups is 1. The Morgan fingerprint density at radius 2 is 2.29 bits per heavy atom. The average molecular weight is 241 g/mol. The van der Waals surface area contributed by atoms with Crippen LogP contribution in [-0.4, -0.2) is 44.8 Å². The molecule has 0 unspecified atom stereocenters. The molecule has 1 rings (SSSR count). The minimum Gasteiger partial charge on any atom is -0.468 e. The highest BCUT2D eigenvalue weighted by Crippen LogP contribution is 2.19. The first-order chi connectivity index (χ1) is 8.25. The van der Waals surface area contributed by atoms with Gasteiger partial charge in [0.2, 0.25) is 0 Å². The summed E-state index contributed by atoms with van der Waals surface area (Å²) in [6, 6.07) is 0. The van der Waals surface area contributed by atoms with Crippen molar-refractivity contribution in [3.05, 3.63) is 10.4 Å². The second-order valence-corrected chi connectivity index (χ2v) is 4.06. The molecule has 0 spiro atoms. The molecule has 0 aromatic heterocycles. The number of nitrogens with one attached hydrogen (secondary N) is 2. The van der Waals surface area contributed by atoms with E-state index in [0.717, 1.165) is 32.4 Å². The molecule has 1 aliphatic rings. The molecule has 7 heteroatoms. The molecule has 0 saturated carbocycles. The van der Waals surface area contributed by atoms with Crippen molar-refractivity contribution in [3.8, 4) is 0 Å². The number of carbonyl (C=O) groups excluding carboxylic acids is 1. The molecule has 1 fully saturated rings. The van der Waals surface area contributed by atoms with Gasteiger partial charge in [-0.25, -0.2) is 0 Å². The number of nitrogens with zero attached hydrogens (tertiary/aromatic N) is 3. The zero-order chi connectivity index (χ0) is 12.6. The number of azide groups is 1. The highest BCUT2D eigenvalue weighted by Gasteiger charge is 2.39. The molecule has 0 atom stereocenters. The van der Waals surface area contributed by atoms with Gasteiger partial charge in [0, 0.05) is 11.5 Å². The molecular weight excluding hydrogens is 222 g/mol. The van der Waals surface area contributed by atoms with E-state index in [1.54, 1.807) is 0 Å². The number of hydrogen-bond acceptors (Lipinski definition) is 5. The number of hydrogen-bond donors (Lipinski definition) is 2. The van der Waals surface area contributed by atoms with Gasteiger partial charge in [-0.3, -0.25) is 4.79 Å². The van der Waals surface area contributed by atoms with Gasteiger partial charge >= 0.3 is 5.97 Å². The average Bonchev–Trinajstić information content (AvgIpc) is 2.38. The Bertz CT molecular complexity index is 295. The van der Waals surface area contributed by atoms with E-state index < -0.39 is 5.54 Å². The summed E-state index contributed by atoms with van der Waals surface area (Å²) in [4.78, 5) is 14.5. The fourth-order valence-corrected chi connectivity index (χ4v) is 2.02. The molecule has 0 amide bonds. The molecule has 2 N–H and O–H groups in total. The van der Waals surface area contributed by atoms with Crippen molar-refractivity contribution in [3.63, 3.8) is 0 Å². The third-order valence-electron chi connectivity index (χ3n) is 2.99. The van der Waals surface area contributed by atoms with E-state index in [2.05, 4.69) is 20.7 Å². The Morgan fingerprint density at radius 1 is 1.59 bits per heavy atom. The highest BCUT2D eigenvalue weighted by molar-refractivity contribution is 5.81. The van der Waals surface area contributed by atoms with E-state index in [4.69, 9.17) is 10.3 Å². The molecule has 7 nitrogen and oxygen atoms in total. The summed E-state index contributed by atoms with van der Waals surface area (Å²) in [5, 5.41) is 9.92. The minimum atomic E-state index is -0.573. The number of esters is 1. The lowest BCUT2D eigenvalue weighted by atomic mass is 9.88. The lowest BCUT2D eigenvalue weighted by Crippen LogP contribution is -2.58. The third kappa shape index (κ3) is 3.89. The molecule has 96 valence electrons. The molecule has 0 aliphatic carbocycles. The number of piperidine rings is 1. The molecular formula is C10H19N5O2. The van der Waals surface area contributed by atoms with Gasteiger partial charge in [0.1, 0.15) is 5.54 Å². The van der Waals surface area contributed by atoms with Crippen LogP contribution in [0.1, 0.15) is 19.3 Å². The van der Waals surface area contributed by atoms with Gasteiger partial charge in [-0.2, -0.15) is 0 Å². The van der Waals surface area contributed by atoms with E-state index in [0.29, 0.717) is 13.1 Å². The van der Waals surface area contributed by atoms with Gasteiger partial charge in [-0.05, 0) is 44.4 Å². The van der Waals surface area contributed by atoms with Crippen molar-refractivity contribution in [1.29, 1.82) is 0 Å². The van der Waals surface area contributed by atoms with Crippen LogP contribution in [0.15, 0.2) is 5.11 Å². The largest absolute Gasteiger partial charge is 0.468 e. The van der Waals surface area contributed by atoms with Crippen LogP contribution in [-0.2, 0) is 9.53 Å². The predicted octanol–water partition coefficient (Wildman–Crippen LogP) is 0.572. The summed E-state index contributed by atoms with van der Waals surface area (Å²) in [7, 11) is 1.41. The third-order valence-corrected chi connectivity index (χ3v) is 2.99. The zero-order valence-electron chi connectivity index (χ0n) is 10.1. The fourth-order valence-electron chi connectivity index (χ4n) is 2.02. The van der Waals surface area contributed by atoms with Crippen molar-refractivity contribution in [2.24, 2.45) is 5.11 Å². The number of ether oxygens (including phenoxy) is 1. The van der Waals surface area contributed by atoms with Crippen molar-refractivity contribution in [2.75, 3.05) is 33.3 Å². The van der Waals surface area contributed by atoms with Crippen molar-refractivity contribution >= 4 is 5.97 Å². The van der Waals surface area contributed by atoms with Crippen LogP contribution in [0.4, 0.5) is 0 Å². The molecule has 0 bridgehead atoms. The Labute approximate surface area is 101 Å². The summed E-state index contributed by atoms with van der Waals surface area (Å²) in [6.45, 7) is 2.70. The van der Waals surface area contributed by atoms with Crippen molar-refractivity contribution in [1.82, 2.24) is 10.6 Å². The van der Waals surface area contributed by atoms with Crippen LogP contribution in [0.5, 0.6) is 0 Å².